The molecule has 112 valence electrons. The van der Waals surface area contributed by atoms with Gasteiger partial charge in [0.1, 0.15) is 0 Å². The van der Waals surface area contributed by atoms with Crippen LogP contribution in [0, 0.1) is 0 Å². The van der Waals surface area contributed by atoms with E-state index in [1.165, 1.54) is 11.3 Å². The minimum Gasteiger partial charge on any atom is -0.378 e. The Kier molecular flexibility index (Phi) is 5.27. The minimum absolute atomic E-state index is 0.210. The fourth-order valence-corrected chi connectivity index (χ4v) is 2.75. The summed E-state index contributed by atoms with van der Waals surface area (Å²) in [6.45, 7) is 4.32. The van der Waals surface area contributed by atoms with Gasteiger partial charge >= 0.3 is 0 Å². The number of hydrogen-bond donors (Lipinski definition) is 1. The summed E-state index contributed by atoms with van der Waals surface area (Å²) in [5, 5.41) is 4.42. The van der Waals surface area contributed by atoms with Crippen LogP contribution in [-0.2, 0) is 0 Å². The van der Waals surface area contributed by atoms with Crippen molar-refractivity contribution < 1.29 is 0 Å². The Morgan fingerprint density at radius 1 is 0.905 bits per heavy atom. The minimum atomic E-state index is 0.210. The number of anilines is 1. The molecule has 0 fully saturated rings. The van der Waals surface area contributed by atoms with Crippen molar-refractivity contribution in [3.8, 4) is 0 Å². The number of hydrogen-bond acceptors (Lipinski definition) is 2. The van der Waals surface area contributed by atoms with Crippen molar-refractivity contribution in [2.24, 2.45) is 0 Å². The van der Waals surface area contributed by atoms with Gasteiger partial charge in [0, 0.05) is 36.9 Å². The zero-order valence-corrected chi connectivity index (χ0v) is 13.9. The van der Waals surface area contributed by atoms with E-state index in [2.05, 4.69) is 68.5 Å². The Morgan fingerprint density at radius 2 is 1.52 bits per heavy atom. The molecular weight excluding hydrogens is 280 g/mol. The van der Waals surface area contributed by atoms with Gasteiger partial charge in [-0.05, 0) is 43.2 Å². The monoisotopic (exact) mass is 302 g/mol. The van der Waals surface area contributed by atoms with Gasteiger partial charge in [-0.25, -0.2) is 0 Å². The largest absolute Gasteiger partial charge is 0.378 e. The summed E-state index contributed by atoms with van der Waals surface area (Å²) in [5.74, 6) is 0. The van der Waals surface area contributed by atoms with Crippen LogP contribution in [0.1, 0.15) is 37.1 Å². The van der Waals surface area contributed by atoms with Crippen molar-refractivity contribution in [1.29, 1.82) is 0 Å². The molecule has 2 aromatic carbocycles. The summed E-state index contributed by atoms with van der Waals surface area (Å²) in [6.07, 6.45) is 0. The van der Waals surface area contributed by atoms with E-state index in [4.69, 9.17) is 11.6 Å². The normalized spacial score (nSPS) is 13.8. The lowest BCUT2D eigenvalue weighted by atomic mass is 10.0. The quantitative estimate of drug-likeness (QED) is 0.852. The van der Waals surface area contributed by atoms with Crippen LogP contribution in [0.5, 0.6) is 0 Å². The zero-order chi connectivity index (χ0) is 15.4. The molecular formula is C18H23ClN2. The topological polar surface area (TPSA) is 15.3 Å². The van der Waals surface area contributed by atoms with Gasteiger partial charge in [-0.1, -0.05) is 41.9 Å². The molecule has 0 aliphatic heterocycles. The van der Waals surface area contributed by atoms with Gasteiger partial charge in [-0.3, -0.25) is 0 Å². The zero-order valence-electron chi connectivity index (χ0n) is 13.1. The first-order valence-corrected chi connectivity index (χ1v) is 7.64. The number of benzene rings is 2. The Balaban J connectivity index is 2.07. The van der Waals surface area contributed by atoms with Gasteiger partial charge in [0.2, 0.25) is 0 Å². The molecule has 0 saturated heterocycles. The SMILES string of the molecule is CC(N[C@@H](C)c1ccccc1Cl)c1ccc(N(C)C)cc1. The molecule has 0 aromatic heterocycles. The molecule has 0 bridgehead atoms. The molecule has 0 aliphatic carbocycles. The van der Waals surface area contributed by atoms with Crippen LogP contribution in [0.15, 0.2) is 48.5 Å². The summed E-state index contributed by atoms with van der Waals surface area (Å²) >= 11 is 6.26. The first kappa shape index (κ1) is 15.9. The van der Waals surface area contributed by atoms with E-state index in [1.54, 1.807) is 0 Å². The molecule has 0 heterocycles. The summed E-state index contributed by atoms with van der Waals surface area (Å²) in [5.41, 5.74) is 3.63. The second-order valence-corrected chi connectivity index (χ2v) is 6.02. The molecule has 1 unspecified atom stereocenters. The van der Waals surface area contributed by atoms with Gasteiger partial charge in [0.25, 0.3) is 0 Å². The first-order valence-electron chi connectivity index (χ1n) is 7.27. The van der Waals surface area contributed by atoms with Crippen molar-refractivity contribution >= 4 is 17.3 Å². The second kappa shape index (κ2) is 6.97. The summed E-state index contributed by atoms with van der Waals surface area (Å²) < 4.78 is 0. The van der Waals surface area contributed by atoms with Crippen LogP contribution in [0.4, 0.5) is 5.69 Å². The standard InChI is InChI=1S/C18H23ClN2/c1-13(15-9-11-16(12-10-15)21(3)4)20-14(2)17-7-5-6-8-18(17)19/h5-14,20H,1-4H3/t13?,14-/m0/s1. The number of rotatable bonds is 5. The Labute approximate surface area is 132 Å². The molecule has 21 heavy (non-hydrogen) atoms. The fraction of sp³-hybridized carbons (Fsp3) is 0.333. The number of nitrogens with zero attached hydrogens (tertiary/aromatic N) is 1. The van der Waals surface area contributed by atoms with Gasteiger partial charge in [-0.15, -0.1) is 0 Å². The molecule has 0 amide bonds. The highest BCUT2D eigenvalue weighted by Gasteiger charge is 2.13. The lowest BCUT2D eigenvalue weighted by molar-refractivity contribution is 0.495. The highest BCUT2D eigenvalue weighted by molar-refractivity contribution is 6.31. The third-order valence-electron chi connectivity index (χ3n) is 3.78. The molecule has 1 N–H and O–H groups in total. The number of nitrogens with one attached hydrogen (secondary N) is 1. The molecule has 2 rings (SSSR count). The highest BCUT2D eigenvalue weighted by Crippen LogP contribution is 2.25. The van der Waals surface area contributed by atoms with Crippen LogP contribution < -0.4 is 10.2 Å². The maximum atomic E-state index is 6.26. The third kappa shape index (κ3) is 3.99. The summed E-state index contributed by atoms with van der Waals surface area (Å²) in [6, 6.07) is 17.1. The maximum Gasteiger partial charge on any atom is 0.0453 e. The molecule has 3 heteroatoms. The van der Waals surface area contributed by atoms with E-state index in [1.807, 2.05) is 18.2 Å². The van der Waals surface area contributed by atoms with E-state index in [0.29, 0.717) is 0 Å². The molecule has 2 nitrogen and oxygen atoms in total. The summed E-state index contributed by atoms with van der Waals surface area (Å²) in [4.78, 5) is 2.11. The van der Waals surface area contributed by atoms with E-state index >= 15 is 0 Å². The van der Waals surface area contributed by atoms with Crippen LogP contribution >= 0.6 is 11.6 Å². The van der Waals surface area contributed by atoms with Crippen molar-refractivity contribution in [3.63, 3.8) is 0 Å². The molecule has 0 aliphatic rings. The average molecular weight is 303 g/mol. The lowest BCUT2D eigenvalue weighted by Crippen LogP contribution is -2.22. The van der Waals surface area contributed by atoms with E-state index in [9.17, 15) is 0 Å². The van der Waals surface area contributed by atoms with E-state index in [-0.39, 0.29) is 12.1 Å². The average Bonchev–Trinajstić information content (AvgIpc) is 2.47. The Morgan fingerprint density at radius 3 is 2.10 bits per heavy atom. The van der Waals surface area contributed by atoms with Crippen LogP contribution in [0.3, 0.4) is 0 Å². The van der Waals surface area contributed by atoms with Gasteiger partial charge in [-0.2, -0.15) is 0 Å². The molecule has 0 radical (unpaired) electrons. The third-order valence-corrected chi connectivity index (χ3v) is 4.13. The van der Waals surface area contributed by atoms with Crippen molar-refractivity contribution in [3.05, 3.63) is 64.7 Å². The van der Waals surface area contributed by atoms with Crippen LogP contribution in [0.25, 0.3) is 0 Å². The fourth-order valence-electron chi connectivity index (χ4n) is 2.45. The van der Waals surface area contributed by atoms with Gasteiger partial charge in [0.15, 0.2) is 0 Å². The smallest absolute Gasteiger partial charge is 0.0453 e. The Hall–Kier alpha value is -1.51. The Bertz CT molecular complexity index is 578. The van der Waals surface area contributed by atoms with Crippen LogP contribution in [0.2, 0.25) is 5.02 Å². The van der Waals surface area contributed by atoms with E-state index in [0.717, 1.165) is 10.6 Å². The van der Waals surface area contributed by atoms with Crippen molar-refractivity contribution in [2.45, 2.75) is 25.9 Å². The van der Waals surface area contributed by atoms with Gasteiger partial charge in [0.05, 0.1) is 0 Å². The predicted octanol–water partition coefficient (Wildman–Crippen LogP) is 4.82. The van der Waals surface area contributed by atoms with Crippen LogP contribution in [-0.4, -0.2) is 14.1 Å². The maximum absolute atomic E-state index is 6.26. The number of halogens is 1. The molecule has 2 aromatic rings. The first-order chi connectivity index (χ1) is 9.99. The predicted molar refractivity (Wildman–Crippen MR) is 92.2 cm³/mol. The molecule has 0 saturated carbocycles. The molecule has 0 spiro atoms. The highest BCUT2D eigenvalue weighted by atomic mass is 35.5. The van der Waals surface area contributed by atoms with Crippen molar-refractivity contribution in [1.82, 2.24) is 5.32 Å². The lowest BCUT2D eigenvalue weighted by Gasteiger charge is -2.22. The molecule has 2 atom stereocenters. The second-order valence-electron chi connectivity index (χ2n) is 5.62. The van der Waals surface area contributed by atoms with E-state index < -0.39 is 0 Å². The van der Waals surface area contributed by atoms with Crippen molar-refractivity contribution in [2.75, 3.05) is 19.0 Å². The van der Waals surface area contributed by atoms with Gasteiger partial charge < -0.3 is 10.2 Å². The summed E-state index contributed by atoms with van der Waals surface area (Å²) in [7, 11) is 4.10.